The fourth-order valence-corrected chi connectivity index (χ4v) is 0.836. The second-order valence-corrected chi connectivity index (χ2v) is 3.09. The predicted molar refractivity (Wildman–Crippen MR) is 50.2 cm³/mol. The van der Waals surface area contributed by atoms with Gasteiger partial charge in [0, 0.05) is 12.5 Å². The van der Waals surface area contributed by atoms with Crippen molar-refractivity contribution in [2.24, 2.45) is 0 Å². The van der Waals surface area contributed by atoms with Gasteiger partial charge in [0.15, 0.2) is 0 Å². The Bertz CT molecular complexity index is 102. The van der Waals surface area contributed by atoms with Crippen molar-refractivity contribution in [3.63, 3.8) is 0 Å². The van der Waals surface area contributed by atoms with Gasteiger partial charge in [-0.05, 0) is 26.2 Å². The lowest BCUT2D eigenvalue weighted by atomic mass is 10.3. The number of alkyl halides is 1. The molecule has 2 heteroatoms. The van der Waals surface area contributed by atoms with E-state index in [1.165, 1.54) is 5.57 Å². The van der Waals surface area contributed by atoms with Crippen LogP contribution in [0.3, 0.4) is 0 Å². The van der Waals surface area contributed by atoms with Crippen molar-refractivity contribution in [3.05, 3.63) is 12.2 Å². The van der Waals surface area contributed by atoms with Crippen molar-refractivity contribution in [1.29, 1.82) is 0 Å². The molecule has 0 aliphatic heterocycles. The Morgan fingerprint density at radius 1 is 1.36 bits per heavy atom. The molecule has 0 radical (unpaired) electrons. The molecule has 0 aliphatic rings. The van der Waals surface area contributed by atoms with Gasteiger partial charge >= 0.3 is 0 Å². The molecule has 0 rings (SSSR count). The number of hydrogen-bond donors (Lipinski definition) is 0. The number of hydrogen-bond acceptors (Lipinski definition) is 1. The van der Waals surface area contributed by atoms with Gasteiger partial charge in [0.05, 0.1) is 6.61 Å². The molecular formula is C9H17ClO. The van der Waals surface area contributed by atoms with Gasteiger partial charge in [-0.3, -0.25) is 0 Å². The largest absolute Gasteiger partial charge is 0.381 e. The minimum atomic E-state index is 0.740. The first-order valence-electron chi connectivity index (χ1n) is 4.05. The van der Waals surface area contributed by atoms with E-state index in [0.717, 1.165) is 38.4 Å². The lowest BCUT2D eigenvalue weighted by Gasteiger charge is -2.02. The van der Waals surface area contributed by atoms with Crippen LogP contribution in [0.5, 0.6) is 0 Å². The van der Waals surface area contributed by atoms with Crippen LogP contribution in [0.4, 0.5) is 0 Å². The summed E-state index contributed by atoms with van der Waals surface area (Å²) in [5.74, 6) is 0.740. The van der Waals surface area contributed by atoms with E-state index >= 15 is 0 Å². The molecule has 0 unspecified atom stereocenters. The van der Waals surface area contributed by atoms with Crippen LogP contribution in [0.15, 0.2) is 12.2 Å². The summed E-state index contributed by atoms with van der Waals surface area (Å²) in [5, 5.41) is 0. The first-order valence-corrected chi connectivity index (χ1v) is 4.59. The quantitative estimate of drug-likeness (QED) is 0.329. The summed E-state index contributed by atoms with van der Waals surface area (Å²) in [6.07, 6.45) is 3.09. The summed E-state index contributed by atoms with van der Waals surface area (Å²) in [6.45, 7) is 7.44. The van der Waals surface area contributed by atoms with E-state index in [2.05, 4.69) is 6.58 Å². The van der Waals surface area contributed by atoms with Crippen molar-refractivity contribution < 1.29 is 4.74 Å². The predicted octanol–water partition coefficient (Wildman–Crippen LogP) is 2.99. The monoisotopic (exact) mass is 176 g/mol. The van der Waals surface area contributed by atoms with Gasteiger partial charge < -0.3 is 4.74 Å². The SMILES string of the molecule is C=C(C)CCOCCCCCl. The highest BCUT2D eigenvalue weighted by Crippen LogP contribution is 1.97. The first-order chi connectivity index (χ1) is 5.27. The summed E-state index contributed by atoms with van der Waals surface area (Å²) in [4.78, 5) is 0. The van der Waals surface area contributed by atoms with Crippen LogP contribution in [0, 0.1) is 0 Å². The van der Waals surface area contributed by atoms with E-state index in [1.807, 2.05) is 6.92 Å². The van der Waals surface area contributed by atoms with E-state index < -0.39 is 0 Å². The second-order valence-electron chi connectivity index (χ2n) is 2.72. The Kier molecular flexibility index (Phi) is 8.08. The molecule has 0 amide bonds. The van der Waals surface area contributed by atoms with E-state index in [9.17, 15) is 0 Å². The van der Waals surface area contributed by atoms with Crippen LogP contribution in [0.1, 0.15) is 26.2 Å². The fraction of sp³-hybridized carbons (Fsp3) is 0.778. The highest BCUT2D eigenvalue weighted by atomic mass is 35.5. The van der Waals surface area contributed by atoms with Gasteiger partial charge in [-0.25, -0.2) is 0 Å². The second kappa shape index (κ2) is 8.09. The van der Waals surface area contributed by atoms with E-state index in [4.69, 9.17) is 16.3 Å². The number of unbranched alkanes of at least 4 members (excludes halogenated alkanes) is 1. The van der Waals surface area contributed by atoms with E-state index in [-0.39, 0.29) is 0 Å². The highest BCUT2D eigenvalue weighted by Gasteiger charge is 1.89. The minimum absolute atomic E-state index is 0.740. The lowest BCUT2D eigenvalue weighted by molar-refractivity contribution is 0.134. The molecule has 11 heavy (non-hydrogen) atoms. The molecule has 0 heterocycles. The lowest BCUT2D eigenvalue weighted by Crippen LogP contribution is -1.97. The van der Waals surface area contributed by atoms with Gasteiger partial charge in [0.1, 0.15) is 0 Å². The topological polar surface area (TPSA) is 9.23 Å². The van der Waals surface area contributed by atoms with Crippen molar-refractivity contribution in [2.45, 2.75) is 26.2 Å². The Balaban J connectivity index is 2.85. The minimum Gasteiger partial charge on any atom is -0.381 e. The Labute approximate surface area is 74.4 Å². The molecule has 0 spiro atoms. The van der Waals surface area contributed by atoms with Crippen LogP contribution in [-0.4, -0.2) is 19.1 Å². The third-order valence-corrected chi connectivity index (χ3v) is 1.61. The molecule has 0 aromatic carbocycles. The first kappa shape index (κ1) is 11.0. The average molecular weight is 177 g/mol. The summed E-state index contributed by atoms with van der Waals surface area (Å²) < 4.78 is 5.33. The molecule has 1 nitrogen and oxygen atoms in total. The summed E-state index contributed by atoms with van der Waals surface area (Å²) in [7, 11) is 0. The maximum atomic E-state index is 5.50. The summed E-state index contributed by atoms with van der Waals surface area (Å²) in [5.41, 5.74) is 1.18. The Hall–Kier alpha value is -0.0100. The molecule has 0 saturated heterocycles. The zero-order valence-corrected chi connectivity index (χ0v) is 7.99. The van der Waals surface area contributed by atoms with Gasteiger partial charge in [0.25, 0.3) is 0 Å². The molecule has 0 atom stereocenters. The molecule has 0 bridgehead atoms. The summed E-state index contributed by atoms with van der Waals surface area (Å²) >= 11 is 5.50. The van der Waals surface area contributed by atoms with Crippen LogP contribution < -0.4 is 0 Å². The average Bonchev–Trinajstić information content (AvgIpc) is 1.96. The van der Waals surface area contributed by atoms with Crippen LogP contribution in [0.2, 0.25) is 0 Å². The van der Waals surface area contributed by atoms with Crippen LogP contribution in [0.25, 0.3) is 0 Å². The third kappa shape index (κ3) is 9.99. The van der Waals surface area contributed by atoms with Gasteiger partial charge in [0.2, 0.25) is 0 Å². The molecule has 0 aromatic rings. The fourth-order valence-electron chi connectivity index (χ4n) is 0.647. The van der Waals surface area contributed by atoms with Gasteiger partial charge in [-0.1, -0.05) is 5.57 Å². The molecule has 0 saturated carbocycles. The smallest absolute Gasteiger partial charge is 0.0502 e. The Morgan fingerprint density at radius 3 is 2.64 bits per heavy atom. The maximum Gasteiger partial charge on any atom is 0.0502 e. The van der Waals surface area contributed by atoms with Crippen LogP contribution >= 0.6 is 11.6 Å². The molecule has 0 N–H and O–H groups in total. The molecule has 0 fully saturated rings. The normalized spacial score (nSPS) is 10.0. The van der Waals surface area contributed by atoms with E-state index in [1.54, 1.807) is 0 Å². The van der Waals surface area contributed by atoms with Gasteiger partial charge in [-0.2, -0.15) is 0 Å². The molecule has 0 aliphatic carbocycles. The number of halogens is 1. The molecular weight excluding hydrogens is 160 g/mol. The van der Waals surface area contributed by atoms with Crippen molar-refractivity contribution >= 4 is 11.6 Å². The zero-order chi connectivity index (χ0) is 8.53. The van der Waals surface area contributed by atoms with Crippen LogP contribution in [-0.2, 0) is 4.74 Å². The molecule has 0 aromatic heterocycles. The maximum absolute atomic E-state index is 5.50. The van der Waals surface area contributed by atoms with E-state index in [0.29, 0.717) is 0 Å². The van der Waals surface area contributed by atoms with Gasteiger partial charge in [-0.15, -0.1) is 18.2 Å². The van der Waals surface area contributed by atoms with Crippen molar-refractivity contribution in [2.75, 3.05) is 19.1 Å². The summed E-state index contributed by atoms with van der Waals surface area (Å²) in [6, 6.07) is 0. The zero-order valence-electron chi connectivity index (χ0n) is 7.24. The van der Waals surface area contributed by atoms with Crippen molar-refractivity contribution in [1.82, 2.24) is 0 Å². The highest BCUT2D eigenvalue weighted by molar-refractivity contribution is 6.17. The number of ether oxygens (including phenoxy) is 1. The third-order valence-electron chi connectivity index (χ3n) is 1.35. The standard InChI is InChI=1S/C9H17ClO/c1-9(2)5-8-11-7-4-3-6-10/h1,3-8H2,2H3. The Morgan fingerprint density at radius 2 is 2.09 bits per heavy atom. The van der Waals surface area contributed by atoms with Crippen molar-refractivity contribution in [3.8, 4) is 0 Å². The molecule has 66 valence electrons. The number of rotatable bonds is 7.